The molecule has 0 spiro atoms. The van der Waals surface area contributed by atoms with E-state index in [1.54, 1.807) is 6.07 Å². The number of hydrogen-bond donors (Lipinski definition) is 0. The third kappa shape index (κ3) is 2.95. The minimum Gasteiger partial charge on any atom is -0.486 e. The maximum absolute atomic E-state index is 12.9. The summed E-state index contributed by atoms with van der Waals surface area (Å²) < 4.78 is 11.9. The number of nitrogens with zero attached hydrogens (tertiary/aromatic N) is 1. The van der Waals surface area contributed by atoms with E-state index >= 15 is 0 Å². The highest BCUT2D eigenvalue weighted by atomic mass is 35.5. The van der Waals surface area contributed by atoms with Crippen LogP contribution >= 0.6 is 11.6 Å². The maximum Gasteiger partial charge on any atom is 0.342 e. The van der Waals surface area contributed by atoms with Crippen molar-refractivity contribution in [3.8, 4) is 5.75 Å². The Morgan fingerprint density at radius 3 is 2.59 bits per heavy atom. The van der Waals surface area contributed by atoms with Gasteiger partial charge in [0.15, 0.2) is 0 Å². The molecule has 2 atom stereocenters. The van der Waals surface area contributed by atoms with Gasteiger partial charge in [-0.05, 0) is 38.8 Å². The van der Waals surface area contributed by atoms with Crippen molar-refractivity contribution in [1.82, 2.24) is 4.90 Å². The summed E-state index contributed by atoms with van der Waals surface area (Å²) in [5.74, 6) is 0.854. The molecular formula is C21H24ClNO4. The van der Waals surface area contributed by atoms with Crippen molar-refractivity contribution in [3.05, 3.63) is 28.3 Å². The zero-order chi connectivity index (χ0) is 18.9. The monoisotopic (exact) mass is 389 g/mol. The second kappa shape index (κ2) is 5.95. The second-order valence-corrected chi connectivity index (χ2v) is 9.53. The number of benzene rings is 1. The Morgan fingerprint density at radius 2 is 1.93 bits per heavy atom. The normalized spacial score (nSPS) is 35.5. The quantitative estimate of drug-likeness (QED) is 0.725. The summed E-state index contributed by atoms with van der Waals surface area (Å²) >= 11 is 6.24. The van der Waals surface area contributed by atoms with Gasteiger partial charge in [-0.3, -0.25) is 9.69 Å². The molecule has 6 heteroatoms. The van der Waals surface area contributed by atoms with Crippen LogP contribution in [0.2, 0.25) is 5.02 Å². The van der Waals surface area contributed by atoms with E-state index in [4.69, 9.17) is 21.1 Å². The highest BCUT2D eigenvalue weighted by molar-refractivity contribution is 6.31. The van der Waals surface area contributed by atoms with Crippen molar-refractivity contribution in [2.75, 3.05) is 6.54 Å². The molecule has 0 saturated carbocycles. The van der Waals surface area contributed by atoms with Crippen LogP contribution in [0, 0.1) is 5.92 Å². The Hall–Kier alpha value is -1.59. The molecule has 6 rings (SSSR count). The molecule has 0 radical (unpaired) electrons. The summed E-state index contributed by atoms with van der Waals surface area (Å²) in [6.07, 6.45) is 4.05. The lowest BCUT2D eigenvalue weighted by molar-refractivity contribution is -0.145. The molecule has 0 amide bonds. The fourth-order valence-corrected chi connectivity index (χ4v) is 5.69. The van der Waals surface area contributed by atoms with Crippen LogP contribution < -0.4 is 4.74 Å². The summed E-state index contributed by atoms with van der Waals surface area (Å²) in [6.45, 7) is 4.58. The van der Waals surface area contributed by atoms with Crippen LogP contribution in [0.3, 0.4) is 0 Å². The molecule has 0 aliphatic carbocycles. The number of hydrogen-bond acceptors (Lipinski definition) is 5. The summed E-state index contributed by atoms with van der Waals surface area (Å²) in [6, 6.07) is 4.24. The van der Waals surface area contributed by atoms with E-state index in [0.29, 0.717) is 40.7 Å². The van der Waals surface area contributed by atoms with E-state index in [9.17, 15) is 9.59 Å². The Kier molecular flexibility index (Phi) is 3.86. The number of carbonyl (C=O) groups excluding carboxylic acids is 2. The van der Waals surface area contributed by atoms with Crippen molar-refractivity contribution in [2.45, 2.75) is 69.7 Å². The largest absolute Gasteiger partial charge is 0.486 e. The molecule has 5 heterocycles. The van der Waals surface area contributed by atoms with Gasteiger partial charge in [-0.1, -0.05) is 11.6 Å². The van der Waals surface area contributed by atoms with Crippen LogP contribution in [0.15, 0.2) is 12.1 Å². The van der Waals surface area contributed by atoms with Gasteiger partial charge in [0.25, 0.3) is 0 Å². The van der Waals surface area contributed by atoms with Crippen LogP contribution in [0.1, 0.15) is 55.5 Å². The third-order valence-electron chi connectivity index (χ3n) is 6.53. The molecule has 0 unspecified atom stereocenters. The molecule has 144 valence electrons. The van der Waals surface area contributed by atoms with E-state index in [0.717, 1.165) is 37.7 Å². The summed E-state index contributed by atoms with van der Waals surface area (Å²) in [5, 5.41) is 0.532. The van der Waals surface area contributed by atoms with E-state index in [1.165, 1.54) is 0 Å². The molecule has 4 saturated heterocycles. The predicted octanol–water partition coefficient (Wildman–Crippen LogP) is 3.40. The van der Waals surface area contributed by atoms with Gasteiger partial charge in [0.05, 0.1) is 6.54 Å². The lowest BCUT2D eigenvalue weighted by Crippen LogP contribution is -2.63. The molecular weight excluding hydrogens is 366 g/mol. The van der Waals surface area contributed by atoms with Gasteiger partial charge < -0.3 is 9.47 Å². The number of fused-ring (bicyclic) bond motifs is 2. The number of carbonyl (C=O) groups is 2. The molecule has 5 aliphatic heterocycles. The smallest absolute Gasteiger partial charge is 0.342 e. The molecule has 1 aromatic carbocycles. The molecule has 27 heavy (non-hydrogen) atoms. The maximum atomic E-state index is 12.9. The molecule has 0 N–H and O–H groups in total. The lowest BCUT2D eigenvalue weighted by atomic mass is 9.72. The van der Waals surface area contributed by atoms with Crippen LogP contribution in [0.5, 0.6) is 5.75 Å². The number of halogens is 1. The molecule has 0 aromatic heterocycles. The average molecular weight is 390 g/mol. The highest BCUT2D eigenvalue weighted by Crippen LogP contribution is 2.43. The van der Waals surface area contributed by atoms with Gasteiger partial charge in [0.1, 0.15) is 28.8 Å². The molecule has 1 aromatic rings. The number of ketones is 1. The Balaban J connectivity index is 1.34. The van der Waals surface area contributed by atoms with Crippen molar-refractivity contribution in [1.29, 1.82) is 0 Å². The van der Waals surface area contributed by atoms with Crippen molar-refractivity contribution >= 4 is 23.4 Å². The molecule has 4 bridgehead atoms. The van der Waals surface area contributed by atoms with Gasteiger partial charge >= 0.3 is 5.97 Å². The average Bonchev–Trinajstić information content (AvgIpc) is 2.87. The number of esters is 1. The van der Waals surface area contributed by atoms with Crippen LogP contribution in [0.4, 0.5) is 0 Å². The first-order valence-corrected chi connectivity index (χ1v) is 10.2. The van der Waals surface area contributed by atoms with E-state index < -0.39 is 0 Å². The number of piperidine rings is 4. The van der Waals surface area contributed by atoms with Crippen LogP contribution in [0.25, 0.3) is 0 Å². The van der Waals surface area contributed by atoms with Gasteiger partial charge in [0.2, 0.25) is 0 Å². The van der Waals surface area contributed by atoms with E-state index in [2.05, 4.69) is 4.90 Å². The molecule has 5 aliphatic rings. The number of rotatable bonds is 2. The summed E-state index contributed by atoms with van der Waals surface area (Å²) in [4.78, 5) is 27.2. The Bertz CT molecular complexity index is 820. The Labute approximate surface area is 163 Å². The predicted molar refractivity (Wildman–Crippen MR) is 100 cm³/mol. The standard InChI is InChI=1S/C21H24ClNO4/c1-21(2)9-12-3-13(22)6-17(19(12)27-21)20(25)26-16-7-14-4-11-5-15(8-16)23(14)10-18(11)24/h3,6,11,14-16H,4-5,7-10H2,1-2H3/t11?,14-,15-,16?/m0/s1. The zero-order valence-corrected chi connectivity index (χ0v) is 16.4. The molecule has 5 nitrogen and oxygen atoms in total. The summed E-state index contributed by atoms with van der Waals surface area (Å²) in [7, 11) is 0. The second-order valence-electron chi connectivity index (χ2n) is 9.09. The van der Waals surface area contributed by atoms with Crippen molar-refractivity contribution < 1.29 is 19.1 Å². The van der Waals surface area contributed by atoms with E-state index in [-0.39, 0.29) is 23.6 Å². The minimum absolute atomic E-state index is 0.109. The van der Waals surface area contributed by atoms with Crippen LogP contribution in [-0.2, 0) is 16.0 Å². The minimum atomic E-state index is -0.354. The van der Waals surface area contributed by atoms with Gasteiger partial charge in [0, 0.05) is 47.9 Å². The summed E-state index contributed by atoms with van der Waals surface area (Å²) in [5.41, 5.74) is 1.04. The first-order valence-electron chi connectivity index (χ1n) is 9.80. The fraction of sp³-hybridized carbons (Fsp3) is 0.619. The zero-order valence-electron chi connectivity index (χ0n) is 15.7. The fourth-order valence-electron chi connectivity index (χ4n) is 5.45. The first-order chi connectivity index (χ1) is 12.8. The highest BCUT2D eigenvalue weighted by Gasteiger charge is 2.49. The third-order valence-corrected chi connectivity index (χ3v) is 6.75. The van der Waals surface area contributed by atoms with Gasteiger partial charge in [-0.25, -0.2) is 4.79 Å². The Morgan fingerprint density at radius 1 is 1.22 bits per heavy atom. The van der Waals surface area contributed by atoms with Crippen molar-refractivity contribution in [2.24, 2.45) is 5.92 Å². The number of Topliss-reactive ketones (excluding diaryl/α,β-unsaturated/α-hetero) is 1. The van der Waals surface area contributed by atoms with Gasteiger partial charge in [-0.15, -0.1) is 0 Å². The topological polar surface area (TPSA) is 55.8 Å². The van der Waals surface area contributed by atoms with Crippen molar-refractivity contribution in [3.63, 3.8) is 0 Å². The number of ether oxygens (including phenoxy) is 2. The molecule has 4 fully saturated rings. The van der Waals surface area contributed by atoms with Crippen LogP contribution in [-0.4, -0.2) is 47.0 Å². The SMILES string of the molecule is CC1(C)Cc2cc(Cl)cc(C(=O)OC3C[C@@H]4CC5C[C@@H](C3)N4CC5=O)c2O1. The van der Waals surface area contributed by atoms with Gasteiger partial charge in [-0.2, -0.15) is 0 Å². The lowest BCUT2D eigenvalue weighted by Gasteiger charge is -2.54. The van der Waals surface area contributed by atoms with E-state index in [1.807, 2.05) is 19.9 Å². The first kappa shape index (κ1) is 17.5.